The molecule has 0 radical (unpaired) electrons. The molecule has 2 aromatic rings. The largest absolute Gasteiger partial charge is 0.496 e. The van der Waals surface area contributed by atoms with Gasteiger partial charge in [-0.05, 0) is 30.3 Å². The number of carbonyl (C=O) groups excluding carboxylic acids is 2. The number of esters is 1. The second-order valence-electron chi connectivity index (χ2n) is 5.26. The van der Waals surface area contributed by atoms with Gasteiger partial charge in [0.1, 0.15) is 11.6 Å². The molecular formula is C19H19FO7. The van der Waals surface area contributed by atoms with Gasteiger partial charge in [0.25, 0.3) is 0 Å². The Bertz CT molecular complexity index is 823. The van der Waals surface area contributed by atoms with Crippen LogP contribution in [0.15, 0.2) is 30.3 Å². The van der Waals surface area contributed by atoms with Crippen LogP contribution >= 0.6 is 0 Å². The summed E-state index contributed by atoms with van der Waals surface area (Å²) in [7, 11) is 5.60. The molecule has 27 heavy (non-hydrogen) atoms. The smallest absolute Gasteiger partial charge is 0.338 e. The minimum atomic E-state index is -0.780. The van der Waals surface area contributed by atoms with Gasteiger partial charge >= 0.3 is 5.97 Å². The summed E-state index contributed by atoms with van der Waals surface area (Å²) in [5.74, 6) is -0.952. The Balaban J connectivity index is 2.18. The molecule has 2 aromatic carbocycles. The van der Waals surface area contributed by atoms with Crippen LogP contribution in [0.4, 0.5) is 4.39 Å². The summed E-state index contributed by atoms with van der Waals surface area (Å²) in [6.07, 6.45) is 0. The molecule has 8 heteroatoms. The molecule has 0 amide bonds. The van der Waals surface area contributed by atoms with Gasteiger partial charge in [-0.2, -0.15) is 0 Å². The Morgan fingerprint density at radius 3 is 1.96 bits per heavy atom. The molecule has 0 saturated carbocycles. The minimum absolute atomic E-state index is 0.0183. The lowest BCUT2D eigenvalue weighted by molar-refractivity contribution is 0.0473. The number of hydrogen-bond acceptors (Lipinski definition) is 7. The first kappa shape index (κ1) is 20.0. The zero-order valence-electron chi connectivity index (χ0n) is 15.3. The number of benzene rings is 2. The molecule has 0 N–H and O–H groups in total. The predicted molar refractivity (Wildman–Crippen MR) is 93.7 cm³/mol. The van der Waals surface area contributed by atoms with Crippen molar-refractivity contribution < 1.29 is 37.7 Å². The summed E-state index contributed by atoms with van der Waals surface area (Å²) < 4.78 is 39.0. The Hall–Kier alpha value is -3.29. The first-order valence-electron chi connectivity index (χ1n) is 7.79. The highest BCUT2D eigenvalue weighted by atomic mass is 19.1. The zero-order valence-corrected chi connectivity index (χ0v) is 15.3. The normalized spacial score (nSPS) is 10.1. The average Bonchev–Trinajstić information content (AvgIpc) is 2.70. The molecule has 0 atom stereocenters. The molecule has 0 spiro atoms. The van der Waals surface area contributed by atoms with Gasteiger partial charge in [0.05, 0.1) is 39.6 Å². The van der Waals surface area contributed by atoms with Crippen molar-refractivity contribution in [1.82, 2.24) is 0 Å². The molecule has 0 aliphatic carbocycles. The monoisotopic (exact) mass is 378 g/mol. The highest BCUT2D eigenvalue weighted by molar-refractivity contribution is 6.01. The molecule has 0 aliphatic heterocycles. The first-order valence-corrected chi connectivity index (χ1v) is 7.79. The molecule has 144 valence electrons. The van der Waals surface area contributed by atoms with E-state index in [9.17, 15) is 14.0 Å². The number of hydrogen-bond donors (Lipinski definition) is 0. The highest BCUT2D eigenvalue weighted by Crippen LogP contribution is 2.38. The average molecular weight is 378 g/mol. The van der Waals surface area contributed by atoms with E-state index in [1.54, 1.807) is 0 Å². The van der Waals surface area contributed by atoms with E-state index in [4.69, 9.17) is 23.7 Å². The van der Waals surface area contributed by atoms with Crippen molar-refractivity contribution in [2.24, 2.45) is 0 Å². The number of halogens is 1. The molecule has 0 heterocycles. The van der Waals surface area contributed by atoms with Crippen LogP contribution in [0.25, 0.3) is 0 Å². The van der Waals surface area contributed by atoms with Gasteiger partial charge in [-0.25, -0.2) is 9.18 Å². The van der Waals surface area contributed by atoms with Gasteiger partial charge in [0.2, 0.25) is 11.5 Å². The van der Waals surface area contributed by atoms with E-state index in [0.29, 0.717) is 5.75 Å². The summed E-state index contributed by atoms with van der Waals surface area (Å²) in [5.41, 5.74) is 0.0821. The van der Waals surface area contributed by atoms with E-state index in [1.807, 2.05) is 0 Å². The quantitative estimate of drug-likeness (QED) is 0.516. The lowest BCUT2D eigenvalue weighted by Gasteiger charge is -2.14. The van der Waals surface area contributed by atoms with Crippen molar-refractivity contribution >= 4 is 11.8 Å². The number of Topliss-reactive ketones (excluding diaryl/α,β-unsaturated/α-hetero) is 1. The fraction of sp³-hybridized carbons (Fsp3) is 0.263. The molecule has 0 unspecified atom stereocenters. The second kappa shape index (κ2) is 8.88. The number of ether oxygens (including phenoxy) is 5. The highest BCUT2D eigenvalue weighted by Gasteiger charge is 2.20. The molecular weight excluding hydrogens is 359 g/mol. The summed E-state index contributed by atoms with van der Waals surface area (Å²) in [5, 5.41) is 0. The van der Waals surface area contributed by atoms with Crippen molar-refractivity contribution in [3.05, 3.63) is 47.3 Å². The molecule has 0 aromatic heterocycles. The molecule has 7 nitrogen and oxygen atoms in total. The predicted octanol–water partition coefficient (Wildman–Crippen LogP) is 2.90. The van der Waals surface area contributed by atoms with Gasteiger partial charge in [-0.3, -0.25) is 4.79 Å². The van der Waals surface area contributed by atoms with E-state index in [2.05, 4.69) is 0 Å². The van der Waals surface area contributed by atoms with Crippen molar-refractivity contribution in [2.75, 3.05) is 35.0 Å². The summed E-state index contributed by atoms with van der Waals surface area (Å²) >= 11 is 0. The molecule has 0 aliphatic rings. The van der Waals surface area contributed by atoms with Crippen LogP contribution in [0.1, 0.15) is 20.7 Å². The number of ketones is 1. The third kappa shape index (κ3) is 4.46. The maximum absolute atomic E-state index is 13.4. The first-order chi connectivity index (χ1) is 12.9. The third-order valence-corrected chi connectivity index (χ3v) is 3.70. The van der Waals surface area contributed by atoms with Gasteiger partial charge in [0.15, 0.2) is 18.1 Å². The van der Waals surface area contributed by atoms with Gasteiger partial charge in [-0.15, -0.1) is 0 Å². The van der Waals surface area contributed by atoms with Gasteiger partial charge < -0.3 is 23.7 Å². The Labute approximate surface area is 155 Å². The Morgan fingerprint density at radius 1 is 0.852 bits per heavy atom. The van der Waals surface area contributed by atoms with Crippen LogP contribution in [0.5, 0.6) is 23.0 Å². The molecule has 0 saturated heterocycles. The van der Waals surface area contributed by atoms with Crippen LogP contribution in [0.2, 0.25) is 0 Å². The Kier molecular flexibility index (Phi) is 6.59. The van der Waals surface area contributed by atoms with Crippen LogP contribution < -0.4 is 18.9 Å². The summed E-state index contributed by atoms with van der Waals surface area (Å²) in [6.45, 7) is -0.588. The maximum Gasteiger partial charge on any atom is 0.338 e. The number of methoxy groups -OCH3 is 4. The zero-order chi connectivity index (χ0) is 20.0. The van der Waals surface area contributed by atoms with E-state index >= 15 is 0 Å². The number of rotatable bonds is 8. The summed E-state index contributed by atoms with van der Waals surface area (Å²) in [4.78, 5) is 24.6. The van der Waals surface area contributed by atoms with E-state index in [0.717, 1.165) is 12.1 Å². The van der Waals surface area contributed by atoms with Crippen molar-refractivity contribution in [2.45, 2.75) is 0 Å². The lowest BCUT2D eigenvalue weighted by atomic mass is 10.1. The molecule has 0 bridgehead atoms. The topological polar surface area (TPSA) is 80.3 Å². The van der Waals surface area contributed by atoms with Crippen LogP contribution in [0, 0.1) is 5.82 Å². The lowest BCUT2D eigenvalue weighted by Crippen LogP contribution is -2.15. The van der Waals surface area contributed by atoms with Crippen molar-refractivity contribution in [1.29, 1.82) is 0 Å². The fourth-order valence-electron chi connectivity index (χ4n) is 2.39. The third-order valence-electron chi connectivity index (χ3n) is 3.70. The van der Waals surface area contributed by atoms with E-state index in [-0.39, 0.29) is 28.4 Å². The van der Waals surface area contributed by atoms with Crippen LogP contribution in [-0.4, -0.2) is 46.8 Å². The second-order valence-corrected chi connectivity index (χ2v) is 5.26. The molecule has 0 fully saturated rings. The standard InChI is InChI=1S/C19H19FO7/c1-23-15-6-5-12(20)9-13(15)14(21)10-27-19(22)11-7-16(24-2)18(26-4)17(8-11)25-3/h5-9H,10H2,1-4H3. The fourth-order valence-corrected chi connectivity index (χ4v) is 2.39. The van der Waals surface area contributed by atoms with E-state index in [1.165, 1.54) is 46.6 Å². The Morgan fingerprint density at radius 2 is 1.44 bits per heavy atom. The van der Waals surface area contributed by atoms with Crippen LogP contribution in [0.3, 0.4) is 0 Å². The van der Waals surface area contributed by atoms with Crippen LogP contribution in [-0.2, 0) is 4.74 Å². The van der Waals surface area contributed by atoms with Crippen molar-refractivity contribution in [3.8, 4) is 23.0 Å². The molecule has 2 rings (SSSR count). The van der Waals surface area contributed by atoms with Gasteiger partial charge in [0, 0.05) is 0 Å². The van der Waals surface area contributed by atoms with Gasteiger partial charge in [-0.1, -0.05) is 0 Å². The summed E-state index contributed by atoms with van der Waals surface area (Å²) in [6, 6.07) is 6.31. The van der Waals surface area contributed by atoms with Crippen molar-refractivity contribution in [3.63, 3.8) is 0 Å². The SMILES string of the molecule is COc1ccc(F)cc1C(=O)COC(=O)c1cc(OC)c(OC)c(OC)c1. The van der Waals surface area contributed by atoms with E-state index < -0.39 is 24.2 Å². The minimum Gasteiger partial charge on any atom is -0.496 e. The maximum atomic E-state index is 13.4. The number of carbonyl (C=O) groups is 2.